The van der Waals surface area contributed by atoms with E-state index in [1.165, 1.54) is 0 Å². The first kappa shape index (κ1) is 11.5. The van der Waals surface area contributed by atoms with Crippen molar-refractivity contribution in [1.29, 1.82) is 0 Å². The molecular formula is C10H13NO4. The third-order valence-corrected chi connectivity index (χ3v) is 1.56. The number of hydrogen-bond acceptors (Lipinski definition) is 4. The van der Waals surface area contributed by atoms with Crippen LogP contribution in [0, 0.1) is 0 Å². The van der Waals surface area contributed by atoms with Crippen LogP contribution in [-0.4, -0.2) is 24.4 Å². The molecule has 1 amide bonds. The van der Waals surface area contributed by atoms with E-state index in [1.807, 2.05) is 30.3 Å². The zero-order valence-electron chi connectivity index (χ0n) is 8.18. The molecule has 2 N–H and O–H groups in total. The standard InChI is InChI=1S/C10H13NO4/c12-6-7-14-10(13)11-15-8-9-4-2-1-3-5-9/h1-5,12H,6-8H2,(H,11,13). The molecule has 1 rings (SSSR count). The fourth-order valence-corrected chi connectivity index (χ4v) is 0.920. The van der Waals surface area contributed by atoms with Crippen LogP contribution in [0.25, 0.3) is 0 Å². The quantitative estimate of drug-likeness (QED) is 0.708. The van der Waals surface area contributed by atoms with Gasteiger partial charge in [0.25, 0.3) is 0 Å². The molecule has 0 aromatic heterocycles. The number of aliphatic hydroxyl groups excluding tert-OH is 1. The zero-order valence-corrected chi connectivity index (χ0v) is 8.18. The number of ether oxygens (including phenoxy) is 1. The van der Waals surface area contributed by atoms with Crippen molar-refractivity contribution in [3.05, 3.63) is 35.9 Å². The molecule has 0 saturated heterocycles. The van der Waals surface area contributed by atoms with E-state index in [2.05, 4.69) is 10.2 Å². The molecule has 0 aliphatic rings. The van der Waals surface area contributed by atoms with Gasteiger partial charge in [-0.25, -0.2) is 4.79 Å². The Balaban J connectivity index is 2.14. The highest BCUT2D eigenvalue weighted by atomic mass is 16.7. The van der Waals surface area contributed by atoms with Crippen molar-refractivity contribution in [2.24, 2.45) is 0 Å². The third kappa shape index (κ3) is 4.99. The molecule has 0 heterocycles. The van der Waals surface area contributed by atoms with Gasteiger partial charge in [-0.05, 0) is 5.56 Å². The largest absolute Gasteiger partial charge is 0.446 e. The maximum absolute atomic E-state index is 10.8. The van der Waals surface area contributed by atoms with Crippen LogP contribution in [0.15, 0.2) is 30.3 Å². The topological polar surface area (TPSA) is 67.8 Å². The van der Waals surface area contributed by atoms with Crippen molar-refractivity contribution in [2.75, 3.05) is 13.2 Å². The minimum Gasteiger partial charge on any atom is -0.446 e. The van der Waals surface area contributed by atoms with Crippen molar-refractivity contribution in [1.82, 2.24) is 5.48 Å². The Bertz CT molecular complexity index is 289. The molecule has 0 spiro atoms. The molecule has 0 bridgehead atoms. The van der Waals surface area contributed by atoms with Crippen molar-refractivity contribution >= 4 is 6.09 Å². The average Bonchev–Trinajstić information content (AvgIpc) is 2.28. The monoisotopic (exact) mass is 211 g/mol. The number of hydroxylamine groups is 1. The van der Waals surface area contributed by atoms with Gasteiger partial charge in [0.15, 0.2) is 0 Å². The molecule has 82 valence electrons. The first-order valence-corrected chi connectivity index (χ1v) is 4.52. The molecule has 5 nitrogen and oxygen atoms in total. The predicted octanol–water partition coefficient (Wildman–Crippen LogP) is 0.837. The van der Waals surface area contributed by atoms with Crippen molar-refractivity contribution < 1.29 is 19.5 Å². The van der Waals surface area contributed by atoms with Crippen molar-refractivity contribution in [2.45, 2.75) is 6.61 Å². The van der Waals surface area contributed by atoms with Crippen LogP contribution >= 0.6 is 0 Å². The van der Waals surface area contributed by atoms with E-state index in [-0.39, 0.29) is 19.8 Å². The van der Waals surface area contributed by atoms with Crippen molar-refractivity contribution in [3.63, 3.8) is 0 Å². The van der Waals surface area contributed by atoms with Gasteiger partial charge in [0.05, 0.1) is 13.2 Å². The van der Waals surface area contributed by atoms with Gasteiger partial charge in [-0.15, -0.1) is 0 Å². The van der Waals surface area contributed by atoms with Gasteiger partial charge in [-0.2, -0.15) is 5.48 Å². The first-order valence-electron chi connectivity index (χ1n) is 4.52. The average molecular weight is 211 g/mol. The second kappa shape index (κ2) is 6.80. The van der Waals surface area contributed by atoms with Gasteiger partial charge in [0.1, 0.15) is 6.61 Å². The van der Waals surface area contributed by atoms with E-state index < -0.39 is 6.09 Å². The Morgan fingerprint density at radius 1 is 1.33 bits per heavy atom. The van der Waals surface area contributed by atoms with Gasteiger partial charge >= 0.3 is 6.09 Å². The lowest BCUT2D eigenvalue weighted by Crippen LogP contribution is -2.25. The summed E-state index contributed by atoms with van der Waals surface area (Å²) in [5.74, 6) is 0. The van der Waals surface area contributed by atoms with E-state index in [1.54, 1.807) is 0 Å². The Labute approximate surface area is 87.6 Å². The molecular weight excluding hydrogens is 198 g/mol. The molecule has 0 fully saturated rings. The van der Waals surface area contributed by atoms with Crippen LogP contribution in [0.1, 0.15) is 5.56 Å². The van der Waals surface area contributed by atoms with Crippen LogP contribution in [0.2, 0.25) is 0 Å². The lowest BCUT2D eigenvalue weighted by Gasteiger charge is -2.05. The third-order valence-electron chi connectivity index (χ3n) is 1.56. The van der Waals surface area contributed by atoms with E-state index in [0.717, 1.165) is 5.56 Å². The number of carbonyl (C=O) groups is 1. The molecule has 0 radical (unpaired) electrons. The van der Waals surface area contributed by atoms with Crippen LogP contribution in [0.5, 0.6) is 0 Å². The molecule has 0 atom stereocenters. The minimum atomic E-state index is -0.708. The Kier molecular flexibility index (Phi) is 5.21. The summed E-state index contributed by atoms with van der Waals surface area (Å²) >= 11 is 0. The molecule has 0 saturated carbocycles. The summed E-state index contributed by atoms with van der Waals surface area (Å²) in [6.45, 7) is 0.0295. The number of rotatable bonds is 5. The summed E-state index contributed by atoms with van der Waals surface area (Å²) in [6, 6.07) is 9.40. The number of carbonyl (C=O) groups excluding carboxylic acids is 1. The Hall–Kier alpha value is -1.59. The molecule has 5 heteroatoms. The van der Waals surface area contributed by atoms with E-state index >= 15 is 0 Å². The number of hydrogen-bond donors (Lipinski definition) is 2. The van der Waals surface area contributed by atoms with E-state index in [9.17, 15) is 4.79 Å². The predicted molar refractivity (Wildman–Crippen MR) is 52.8 cm³/mol. The molecule has 1 aromatic rings. The summed E-state index contributed by atoms with van der Waals surface area (Å²) in [4.78, 5) is 15.7. The van der Waals surface area contributed by atoms with Crippen molar-refractivity contribution in [3.8, 4) is 0 Å². The highest BCUT2D eigenvalue weighted by molar-refractivity contribution is 5.65. The SMILES string of the molecule is O=C(NOCc1ccccc1)OCCO. The zero-order chi connectivity index (χ0) is 10.9. The normalized spacial score (nSPS) is 9.67. The second-order valence-electron chi connectivity index (χ2n) is 2.74. The maximum atomic E-state index is 10.8. The highest BCUT2D eigenvalue weighted by Gasteiger charge is 2.00. The summed E-state index contributed by atoms with van der Waals surface area (Å²) in [5, 5.41) is 8.37. The minimum absolute atomic E-state index is 0.0411. The van der Waals surface area contributed by atoms with Gasteiger partial charge in [0.2, 0.25) is 0 Å². The summed E-state index contributed by atoms with van der Waals surface area (Å²) < 4.78 is 4.50. The van der Waals surface area contributed by atoms with Crippen LogP contribution in [-0.2, 0) is 16.2 Å². The van der Waals surface area contributed by atoms with Gasteiger partial charge in [-0.1, -0.05) is 30.3 Å². The Morgan fingerprint density at radius 2 is 2.07 bits per heavy atom. The summed E-state index contributed by atoms with van der Waals surface area (Å²) in [7, 11) is 0. The van der Waals surface area contributed by atoms with Crippen LogP contribution in [0.4, 0.5) is 4.79 Å². The number of nitrogens with one attached hydrogen (secondary N) is 1. The summed E-state index contributed by atoms with van der Waals surface area (Å²) in [5.41, 5.74) is 3.04. The van der Waals surface area contributed by atoms with Crippen LogP contribution < -0.4 is 5.48 Å². The number of benzene rings is 1. The number of amides is 1. The summed E-state index contributed by atoms with van der Waals surface area (Å²) in [6.07, 6.45) is -0.708. The second-order valence-corrected chi connectivity index (χ2v) is 2.74. The van der Waals surface area contributed by atoms with Crippen LogP contribution in [0.3, 0.4) is 0 Å². The highest BCUT2D eigenvalue weighted by Crippen LogP contribution is 1.98. The smallest absolute Gasteiger partial charge is 0.431 e. The van der Waals surface area contributed by atoms with Gasteiger partial charge < -0.3 is 9.84 Å². The number of aliphatic hydroxyl groups is 1. The molecule has 0 aliphatic heterocycles. The van der Waals surface area contributed by atoms with E-state index in [4.69, 9.17) is 9.94 Å². The first-order chi connectivity index (χ1) is 7.33. The lowest BCUT2D eigenvalue weighted by molar-refractivity contribution is 0.0143. The fourth-order valence-electron chi connectivity index (χ4n) is 0.920. The maximum Gasteiger partial charge on any atom is 0.431 e. The molecule has 1 aromatic carbocycles. The molecule has 0 unspecified atom stereocenters. The Morgan fingerprint density at radius 3 is 2.73 bits per heavy atom. The molecule has 15 heavy (non-hydrogen) atoms. The molecule has 0 aliphatic carbocycles. The van der Waals surface area contributed by atoms with Gasteiger partial charge in [0, 0.05) is 0 Å². The van der Waals surface area contributed by atoms with E-state index in [0.29, 0.717) is 0 Å². The van der Waals surface area contributed by atoms with Gasteiger partial charge in [-0.3, -0.25) is 4.84 Å². The lowest BCUT2D eigenvalue weighted by atomic mass is 10.2. The fraction of sp³-hybridized carbons (Fsp3) is 0.300.